The molecule has 1 saturated heterocycles. The Balaban J connectivity index is 0.00000240. The molecule has 0 radical (unpaired) electrons. The lowest BCUT2D eigenvalue weighted by Gasteiger charge is -2.22. The molecule has 1 fully saturated rings. The summed E-state index contributed by atoms with van der Waals surface area (Å²) < 4.78 is 1.88. The van der Waals surface area contributed by atoms with Crippen LogP contribution in [0.15, 0.2) is 36.5 Å². The van der Waals surface area contributed by atoms with Crippen LogP contribution in [0.25, 0.3) is 0 Å². The fraction of sp³-hybridized carbons (Fsp3) is 0.476. The highest BCUT2D eigenvalue weighted by Gasteiger charge is 2.22. The van der Waals surface area contributed by atoms with Crippen LogP contribution < -0.4 is 10.6 Å². The van der Waals surface area contributed by atoms with Crippen LogP contribution in [0.3, 0.4) is 0 Å². The lowest BCUT2D eigenvalue weighted by Crippen LogP contribution is -2.32. The van der Waals surface area contributed by atoms with E-state index >= 15 is 0 Å². The second kappa shape index (κ2) is 9.89. The molecule has 0 saturated carbocycles. The second-order valence-electron chi connectivity index (χ2n) is 7.56. The number of carbonyl (C=O) groups is 2. The SMILES string of the molecule is Cl.O=C(NCCCC(=O)N1Cc2ccccc2C1)c1ccn(C2CCCNC2)n1. The number of nitrogens with one attached hydrogen (secondary N) is 2. The Labute approximate surface area is 177 Å². The molecule has 29 heavy (non-hydrogen) atoms. The highest BCUT2D eigenvalue weighted by molar-refractivity contribution is 5.92. The summed E-state index contributed by atoms with van der Waals surface area (Å²) in [5, 5.41) is 10.7. The van der Waals surface area contributed by atoms with Crippen molar-refractivity contribution in [3.63, 3.8) is 0 Å². The van der Waals surface area contributed by atoms with Gasteiger partial charge in [-0.3, -0.25) is 14.3 Å². The van der Waals surface area contributed by atoms with Crippen LogP contribution in [0.2, 0.25) is 0 Å². The Hall–Kier alpha value is -2.38. The maximum Gasteiger partial charge on any atom is 0.271 e. The van der Waals surface area contributed by atoms with Gasteiger partial charge in [0.15, 0.2) is 0 Å². The molecule has 1 aromatic carbocycles. The molecule has 8 heteroatoms. The van der Waals surface area contributed by atoms with E-state index in [1.165, 1.54) is 11.1 Å². The summed E-state index contributed by atoms with van der Waals surface area (Å²) in [6.45, 7) is 3.80. The normalized spacial score (nSPS) is 18.1. The molecule has 2 aliphatic heterocycles. The molecule has 2 amide bonds. The highest BCUT2D eigenvalue weighted by atomic mass is 35.5. The Bertz CT molecular complexity index is 822. The monoisotopic (exact) mass is 417 g/mol. The van der Waals surface area contributed by atoms with Crippen molar-refractivity contribution in [2.75, 3.05) is 19.6 Å². The number of nitrogens with zero attached hydrogens (tertiary/aromatic N) is 3. The van der Waals surface area contributed by atoms with E-state index in [2.05, 4.69) is 27.9 Å². The Morgan fingerprint density at radius 2 is 1.93 bits per heavy atom. The third kappa shape index (κ3) is 5.16. The second-order valence-corrected chi connectivity index (χ2v) is 7.56. The third-order valence-electron chi connectivity index (χ3n) is 5.53. The van der Waals surface area contributed by atoms with E-state index in [0.717, 1.165) is 25.9 Å². The minimum atomic E-state index is -0.177. The van der Waals surface area contributed by atoms with Crippen molar-refractivity contribution in [3.05, 3.63) is 53.3 Å². The van der Waals surface area contributed by atoms with E-state index in [9.17, 15) is 9.59 Å². The van der Waals surface area contributed by atoms with Gasteiger partial charge in [0.2, 0.25) is 5.91 Å². The van der Waals surface area contributed by atoms with Gasteiger partial charge in [-0.15, -0.1) is 12.4 Å². The first kappa shape index (κ1) is 21.3. The van der Waals surface area contributed by atoms with Gasteiger partial charge < -0.3 is 15.5 Å². The molecule has 1 atom stereocenters. The summed E-state index contributed by atoms with van der Waals surface area (Å²) in [5.41, 5.74) is 2.90. The zero-order valence-electron chi connectivity index (χ0n) is 16.5. The minimum Gasteiger partial charge on any atom is -0.351 e. The van der Waals surface area contributed by atoms with Gasteiger partial charge in [-0.05, 0) is 43.0 Å². The Morgan fingerprint density at radius 3 is 2.62 bits per heavy atom. The number of hydrogen-bond donors (Lipinski definition) is 2. The standard InChI is InChI=1S/C21H27N5O2.ClH/c27-20(25-14-16-5-1-2-6-17(16)15-25)8-4-11-23-21(28)19-9-12-26(24-19)18-7-3-10-22-13-18;/h1-2,5-6,9,12,18,22H,3-4,7-8,10-11,13-15H2,(H,23,28);1H. The highest BCUT2D eigenvalue weighted by Crippen LogP contribution is 2.22. The summed E-state index contributed by atoms with van der Waals surface area (Å²) in [5.74, 6) is -0.0388. The first-order valence-corrected chi connectivity index (χ1v) is 10.1. The summed E-state index contributed by atoms with van der Waals surface area (Å²) >= 11 is 0. The van der Waals surface area contributed by atoms with Gasteiger partial charge in [0, 0.05) is 38.8 Å². The average molecular weight is 418 g/mol. The third-order valence-corrected chi connectivity index (χ3v) is 5.53. The summed E-state index contributed by atoms with van der Waals surface area (Å²) in [6.07, 6.45) is 5.16. The number of piperidine rings is 1. The number of aromatic nitrogens is 2. The van der Waals surface area contributed by atoms with E-state index in [1.54, 1.807) is 6.07 Å². The van der Waals surface area contributed by atoms with Crippen molar-refractivity contribution >= 4 is 24.2 Å². The molecule has 156 valence electrons. The predicted molar refractivity (Wildman–Crippen MR) is 113 cm³/mol. The average Bonchev–Trinajstić information content (AvgIpc) is 3.39. The lowest BCUT2D eigenvalue weighted by molar-refractivity contribution is -0.131. The van der Waals surface area contributed by atoms with Crippen molar-refractivity contribution in [1.82, 2.24) is 25.3 Å². The van der Waals surface area contributed by atoms with E-state index in [4.69, 9.17) is 0 Å². The van der Waals surface area contributed by atoms with Crippen LogP contribution in [0.1, 0.15) is 53.3 Å². The molecular weight excluding hydrogens is 390 g/mol. The van der Waals surface area contributed by atoms with Crippen molar-refractivity contribution in [1.29, 1.82) is 0 Å². The summed E-state index contributed by atoms with van der Waals surface area (Å²) in [7, 11) is 0. The van der Waals surface area contributed by atoms with E-state index < -0.39 is 0 Å². The molecule has 4 rings (SSSR count). The van der Waals surface area contributed by atoms with Crippen LogP contribution in [0.4, 0.5) is 0 Å². The van der Waals surface area contributed by atoms with E-state index in [0.29, 0.717) is 44.2 Å². The number of halogens is 1. The van der Waals surface area contributed by atoms with Crippen molar-refractivity contribution in [2.24, 2.45) is 0 Å². The fourth-order valence-corrected chi connectivity index (χ4v) is 3.92. The molecule has 1 aromatic heterocycles. The quantitative estimate of drug-likeness (QED) is 0.707. The van der Waals surface area contributed by atoms with Gasteiger partial charge in [0.1, 0.15) is 5.69 Å². The molecule has 0 bridgehead atoms. The molecule has 3 heterocycles. The minimum absolute atomic E-state index is 0. The smallest absolute Gasteiger partial charge is 0.271 e. The summed E-state index contributed by atoms with van der Waals surface area (Å²) in [4.78, 5) is 26.6. The van der Waals surface area contributed by atoms with Gasteiger partial charge in [-0.1, -0.05) is 24.3 Å². The zero-order chi connectivity index (χ0) is 19.3. The Morgan fingerprint density at radius 1 is 1.17 bits per heavy atom. The van der Waals surface area contributed by atoms with Crippen LogP contribution in [0.5, 0.6) is 0 Å². The topological polar surface area (TPSA) is 79.3 Å². The van der Waals surface area contributed by atoms with Crippen LogP contribution in [-0.2, 0) is 17.9 Å². The number of carbonyl (C=O) groups excluding carboxylic acids is 2. The maximum absolute atomic E-state index is 12.4. The van der Waals surface area contributed by atoms with Gasteiger partial charge in [0.25, 0.3) is 5.91 Å². The summed E-state index contributed by atoms with van der Waals surface area (Å²) in [6, 6.07) is 10.2. The molecule has 7 nitrogen and oxygen atoms in total. The van der Waals surface area contributed by atoms with Gasteiger partial charge in [-0.2, -0.15) is 5.10 Å². The van der Waals surface area contributed by atoms with Crippen molar-refractivity contribution in [3.8, 4) is 0 Å². The van der Waals surface area contributed by atoms with Crippen molar-refractivity contribution < 1.29 is 9.59 Å². The molecule has 0 spiro atoms. The first-order chi connectivity index (χ1) is 13.7. The number of amides is 2. The van der Waals surface area contributed by atoms with Gasteiger partial charge in [0.05, 0.1) is 6.04 Å². The predicted octanol–water partition coefficient (Wildman–Crippen LogP) is 2.28. The number of hydrogen-bond acceptors (Lipinski definition) is 4. The van der Waals surface area contributed by atoms with Crippen LogP contribution in [0, 0.1) is 0 Å². The maximum atomic E-state index is 12.4. The zero-order valence-corrected chi connectivity index (χ0v) is 17.3. The molecular formula is C21H28ClN5O2. The molecule has 0 aliphatic carbocycles. The van der Waals surface area contributed by atoms with E-state index in [1.807, 2.05) is 27.9 Å². The van der Waals surface area contributed by atoms with Gasteiger partial charge >= 0.3 is 0 Å². The first-order valence-electron chi connectivity index (χ1n) is 10.1. The number of rotatable bonds is 6. The molecule has 2 N–H and O–H groups in total. The number of benzene rings is 1. The molecule has 1 unspecified atom stereocenters. The Kier molecular flexibility index (Phi) is 7.28. The lowest BCUT2D eigenvalue weighted by atomic mass is 10.1. The number of fused-ring (bicyclic) bond motifs is 1. The van der Waals surface area contributed by atoms with Crippen LogP contribution in [-0.4, -0.2) is 46.1 Å². The molecule has 2 aromatic rings. The largest absolute Gasteiger partial charge is 0.351 e. The fourth-order valence-electron chi connectivity index (χ4n) is 3.92. The molecule has 2 aliphatic rings. The van der Waals surface area contributed by atoms with Crippen molar-refractivity contribution in [2.45, 2.75) is 44.8 Å². The van der Waals surface area contributed by atoms with Crippen LogP contribution >= 0.6 is 12.4 Å². The van der Waals surface area contributed by atoms with E-state index in [-0.39, 0.29) is 24.2 Å². The van der Waals surface area contributed by atoms with Gasteiger partial charge in [-0.25, -0.2) is 0 Å².